The minimum Gasteiger partial charge on any atom is -0.493 e. The minimum atomic E-state index is 0.574. The van der Waals surface area contributed by atoms with E-state index < -0.39 is 0 Å². The fourth-order valence-electron chi connectivity index (χ4n) is 2.53. The molecule has 2 aromatic rings. The van der Waals surface area contributed by atoms with Crippen molar-refractivity contribution in [1.82, 2.24) is 10.6 Å². The Hall–Kier alpha value is -2.89. The molecule has 146 valence electrons. The Kier molecular flexibility index (Phi) is 8.83. The first kappa shape index (κ1) is 20.4. The van der Waals surface area contributed by atoms with E-state index in [0.29, 0.717) is 19.7 Å². The number of benzene rings is 2. The zero-order chi connectivity index (χ0) is 19.3. The highest BCUT2D eigenvalue weighted by Gasteiger charge is 2.04. The average molecular weight is 371 g/mol. The molecule has 0 radical (unpaired) electrons. The average Bonchev–Trinajstić information content (AvgIpc) is 2.71. The van der Waals surface area contributed by atoms with Crippen molar-refractivity contribution in [3.63, 3.8) is 0 Å². The first-order valence-corrected chi connectivity index (χ1v) is 9.17. The number of para-hydroxylation sites is 1. The topological polar surface area (TPSA) is 64.1 Å². The van der Waals surface area contributed by atoms with Crippen LogP contribution in [-0.4, -0.2) is 46.4 Å². The first-order valence-electron chi connectivity index (χ1n) is 9.17. The molecule has 27 heavy (non-hydrogen) atoms. The number of nitrogens with zero attached hydrogens (tertiary/aromatic N) is 1. The summed E-state index contributed by atoms with van der Waals surface area (Å²) in [7, 11) is 3.28. The second-order valence-electron chi connectivity index (χ2n) is 5.79. The van der Waals surface area contributed by atoms with Crippen LogP contribution in [0.3, 0.4) is 0 Å². The third-order valence-corrected chi connectivity index (χ3v) is 3.87. The Morgan fingerprint density at radius 2 is 1.74 bits per heavy atom. The summed E-state index contributed by atoms with van der Waals surface area (Å²) in [4.78, 5) is 4.62. The predicted molar refractivity (Wildman–Crippen MR) is 109 cm³/mol. The van der Waals surface area contributed by atoms with E-state index in [9.17, 15) is 0 Å². The molecule has 0 aliphatic carbocycles. The van der Waals surface area contributed by atoms with Crippen molar-refractivity contribution in [2.75, 3.05) is 40.5 Å². The Balaban J connectivity index is 1.80. The number of ether oxygens (including phenoxy) is 3. The fourth-order valence-corrected chi connectivity index (χ4v) is 2.53. The highest BCUT2D eigenvalue weighted by Crippen LogP contribution is 2.27. The van der Waals surface area contributed by atoms with Crippen LogP contribution in [0.25, 0.3) is 0 Å². The van der Waals surface area contributed by atoms with Crippen molar-refractivity contribution in [2.24, 2.45) is 4.99 Å². The third-order valence-electron chi connectivity index (χ3n) is 3.87. The van der Waals surface area contributed by atoms with Crippen molar-refractivity contribution in [3.05, 3.63) is 54.1 Å². The molecule has 0 atom stereocenters. The smallest absolute Gasteiger partial charge is 0.191 e. The van der Waals surface area contributed by atoms with Crippen LogP contribution in [0.15, 0.2) is 53.5 Å². The van der Waals surface area contributed by atoms with Crippen LogP contribution in [0, 0.1) is 0 Å². The lowest BCUT2D eigenvalue weighted by Crippen LogP contribution is -2.39. The quantitative estimate of drug-likeness (QED) is 0.382. The van der Waals surface area contributed by atoms with Crippen LogP contribution in [0.2, 0.25) is 0 Å². The fraction of sp³-hybridized carbons (Fsp3) is 0.381. The zero-order valence-corrected chi connectivity index (χ0v) is 16.3. The lowest BCUT2D eigenvalue weighted by Gasteiger charge is -2.12. The molecule has 2 rings (SSSR count). The molecular weight excluding hydrogens is 342 g/mol. The summed E-state index contributed by atoms with van der Waals surface area (Å²) in [6.45, 7) is 4.78. The van der Waals surface area contributed by atoms with Gasteiger partial charge in [0.1, 0.15) is 12.4 Å². The molecule has 0 spiro atoms. The third kappa shape index (κ3) is 7.09. The number of aliphatic imine (C=N–C) groups is 1. The Morgan fingerprint density at radius 3 is 2.44 bits per heavy atom. The van der Waals surface area contributed by atoms with E-state index in [-0.39, 0.29) is 0 Å². The molecule has 0 bridgehead atoms. The maximum Gasteiger partial charge on any atom is 0.191 e. The van der Waals surface area contributed by atoms with E-state index in [0.717, 1.165) is 41.7 Å². The molecule has 0 heterocycles. The van der Waals surface area contributed by atoms with E-state index in [1.807, 2.05) is 55.5 Å². The van der Waals surface area contributed by atoms with E-state index in [2.05, 4.69) is 15.6 Å². The van der Waals surface area contributed by atoms with Gasteiger partial charge in [-0.2, -0.15) is 0 Å². The van der Waals surface area contributed by atoms with Gasteiger partial charge in [-0.05, 0) is 43.2 Å². The van der Waals surface area contributed by atoms with E-state index >= 15 is 0 Å². The number of nitrogens with one attached hydrogen (secondary N) is 2. The summed E-state index contributed by atoms with van der Waals surface area (Å²) in [6, 6.07) is 15.7. The highest BCUT2D eigenvalue weighted by atomic mass is 16.5. The summed E-state index contributed by atoms with van der Waals surface area (Å²) in [5.74, 6) is 3.13. The van der Waals surface area contributed by atoms with Gasteiger partial charge in [-0.25, -0.2) is 0 Å². The number of hydrogen-bond acceptors (Lipinski definition) is 4. The van der Waals surface area contributed by atoms with Gasteiger partial charge in [0.2, 0.25) is 0 Å². The Bertz CT molecular complexity index is 705. The summed E-state index contributed by atoms with van der Waals surface area (Å²) in [5.41, 5.74) is 1.15. The van der Waals surface area contributed by atoms with Crippen molar-refractivity contribution >= 4 is 5.96 Å². The zero-order valence-electron chi connectivity index (χ0n) is 16.3. The monoisotopic (exact) mass is 371 g/mol. The summed E-state index contributed by atoms with van der Waals surface area (Å²) in [6.07, 6.45) is 0.817. The molecule has 0 aliphatic heterocycles. The van der Waals surface area contributed by atoms with Crippen LogP contribution < -0.4 is 24.8 Å². The van der Waals surface area contributed by atoms with E-state index in [4.69, 9.17) is 14.2 Å². The van der Waals surface area contributed by atoms with Gasteiger partial charge in [0.05, 0.1) is 20.8 Å². The Labute approximate surface area is 161 Å². The number of methoxy groups -OCH3 is 2. The molecule has 2 aromatic carbocycles. The van der Waals surface area contributed by atoms with Gasteiger partial charge in [0.15, 0.2) is 17.5 Å². The maximum absolute atomic E-state index is 5.68. The van der Waals surface area contributed by atoms with Gasteiger partial charge in [-0.1, -0.05) is 24.3 Å². The summed E-state index contributed by atoms with van der Waals surface area (Å²) >= 11 is 0. The Morgan fingerprint density at radius 1 is 0.963 bits per heavy atom. The largest absolute Gasteiger partial charge is 0.493 e. The second-order valence-corrected chi connectivity index (χ2v) is 5.79. The molecule has 0 unspecified atom stereocenters. The summed E-state index contributed by atoms with van der Waals surface area (Å²) in [5, 5.41) is 6.53. The van der Waals surface area contributed by atoms with E-state index in [1.54, 1.807) is 14.2 Å². The van der Waals surface area contributed by atoms with Gasteiger partial charge in [0, 0.05) is 13.1 Å². The van der Waals surface area contributed by atoms with E-state index in [1.165, 1.54) is 0 Å². The van der Waals surface area contributed by atoms with Crippen molar-refractivity contribution < 1.29 is 14.2 Å². The summed E-state index contributed by atoms with van der Waals surface area (Å²) < 4.78 is 16.3. The minimum absolute atomic E-state index is 0.574. The first-order chi connectivity index (χ1) is 13.3. The molecule has 6 heteroatoms. The van der Waals surface area contributed by atoms with Gasteiger partial charge in [0.25, 0.3) is 0 Å². The number of guanidine groups is 1. The maximum atomic E-state index is 5.68. The number of rotatable bonds is 10. The van der Waals surface area contributed by atoms with Crippen molar-refractivity contribution in [1.29, 1.82) is 0 Å². The van der Waals surface area contributed by atoms with Crippen LogP contribution in [0.1, 0.15) is 12.5 Å². The lowest BCUT2D eigenvalue weighted by atomic mass is 10.1. The predicted octanol–water partition coefficient (Wildman–Crippen LogP) is 2.88. The van der Waals surface area contributed by atoms with Gasteiger partial charge >= 0.3 is 0 Å². The molecule has 0 saturated carbocycles. The van der Waals surface area contributed by atoms with Crippen molar-refractivity contribution in [3.8, 4) is 17.2 Å². The second kappa shape index (κ2) is 11.7. The molecule has 0 aliphatic rings. The molecule has 0 saturated heterocycles. The normalized spacial score (nSPS) is 11.0. The molecular formula is C21H29N3O3. The van der Waals surface area contributed by atoms with Crippen LogP contribution in [0.4, 0.5) is 0 Å². The van der Waals surface area contributed by atoms with Gasteiger partial charge in [-0.15, -0.1) is 0 Å². The highest BCUT2D eigenvalue weighted by molar-refractivity contribution is 5.79. The molecule has 6 nitrogen and oxygen atoms in total. The van der Waals surface area contributed by atoms with Crippen LogP contribution in [-0.2, 0) is 6.42 Å². The van der Waals surface area contributed by atoms with Crippen molar-refractivity contribution in [2.45, 2.75) is 13.3 Å². The molecule has 0 aromatic heterocycles. The van der Waals surface area contributed by atoms with Crippen LogP contribution >= 0.6 is 0 Å². The molecule has 0 amide bonds. The molecule has 0 fully saturated rings. The molecule has 2 N–H and O–H groups in total. The SMILES string of the molecule is CCNC(=NCCc1ccc(OC)c(OC)c1)NCCOc1ccccc1. The number of hydrogen-bond donors (Lipinski definition) is 2. The van der Waals surface area contributed by atoms with Gasteiger partial charge in [-0.3, -0.25) is 4.99 Å². The lowest BCUT2D eigenvalue weighted by molar-refractivity contribution is 0.322. The van der Waals surface area contributed by atoms with Crippen LogP contribution in [0.5, 0.6) is 17.2 Å². The van der Waals surface area contributed by atoms with Gasteiger partial charge < -0.3 is 24.8 Å². The standard InChI is InChI=1S/C21H29N3O3/c1-4-22-21(24-14-15-27-18-8-6-5-7-9-18)23-13-12-17-10-11-19(25-2)20(16-17)26-3/h5-11,16H,4,12-15H2,1-3H3,(H2,22,23,24).